The van der Waals surface area contributed by atoms with Gasteiger partial charge >= 0.3 is 0 Å². The molecule has 1 saturated heterocycles. The molecule has 0 aliphatic carbocycles. The lowest BCUT2D eigenvalue weighted by Gasteiger charge is -2.26. The number of hydrogen-bond acceptors (Lipinski definition) is 5. The zero-order valence-corrected chi connectivity index (χ0v) is 14.1. The highest BCUT2D eigenvalue weighted by atomic mass is 19.1. The monoisotopic (exact) mass is 348 g/mol. The number of likely N-dealkylation sites (N-methyl/N-ethyl adjacent to an activating group) is 1. The predicted molar refractivity (Wildman–Crippen MR) is 87.8 cm³/mol. The van der Waals surface area contributed by atoms with E-state index in [0.29, 0.717) is 12.3 Å². The maximum atomic E-state index is 12.8. The molecule has 7 heteroatoms. The minimum Gasteiger partial charge on any atom is -0.484 e. The van der Waals surface area contributed by atoms with E-state index in [-0.39, 0.29) is 36.0 Å². The molecule has 1 amide bonds. The fraction of sp³-hybridized carbons (Fsp3) is 0.444. The Morgan fingerprint density at radius 2 is 2.16 bits per heavy atom. The van der Waals surface area contributed by atoms with Gasteiger partial charge in [-0.1, -0.05) is 0 Å². The summed E-state index contributed by atoms with van der Waals surface area (Å²) >= 11 is 0. The first kappa shape index (κ1) is 17.4. The first-order valence-corrected chi connectivity index (χ1v) is 8.31. The summed E-state index contributed by atoms with van der Waals surface area (Å²) in [4.78, 5) is 18.2. The van der Waals surface area contributed by atoms with E-state index in [0.717, 1.165) is 25.9 Å². The molecule has 0 N–H and O–H groups in total. The molecule has 1 atom stereocenters. The number of ether oxygens (including phenoxy) is 2. The summed E-state index contributed by atoms with van der Waals surface area (Å²) in [6, 6.07) is 5.65. The van der Waals surface area contributed by atoms with Gasteiger partial charge in [0, 0.05) is 20.2 Å². The molecular weight excluding hydrogens is 327 g/mol. The van der Waals surface area contributed by atoms with Crippen LogP contribution in [-0.2, 0) is 11.3 Å². The zero-order valence-electron chi connectivity index (χ0n) is 14.1. The summed E-state index contributed by atoms with van der Waals surface area (Å²) in [6.07, 6.45) is 4.57. The SMILES string of the molecule is CN(CC1CCCCO1)C(=O)c1coc(COc2ccc(F)cc2)n1. The van der Waals surface area contributed by atoms with Gasteiger partial charge in [0.25, 0.3) is 5.91 Å². The average molecular weight is 348 g/mol. The van der Waals surface area contributed by atoms with Crippen molar-refractivity contribution >= 4 is 5.91 Å². The van der Waals surface area contributed by atoms with Gasteiger partial charge in [-0.05, 0) is 43.5 Å². The lowest BCUT2D eigenvalue weighted by molar-refractivity contribution is -0.000293. The van der Waals surface area contributed by atoms with Crippen LogP contribution in [0.4, 0.5) is 4.39 Å². The molecule has 134 valence electrons. The topological polar surface area (TPSA) is 64.8 Å². The summed E-state index contributed by atoms with van der Waals surface area (Å²) < 4.78 is 29.2. The van der Waals surface area contributed by atoms with Gasteiger partial charge in [-0.15, -0.1) is 0 Å². The maximum absolute atomic E-state index is 12.8. The van der Waals surface area contributed by atoms with Crippen LogP contribution >= 0.6 is 0 Å². The van der Waals surface area contributed by atoms with E-state index >= 15 is 0 Å². The van der Waals surface area contributed by atoms with Gasteiger partial charge in [0.15, 0.2) is 12.3 Å². The maximum Gasteiger partial charge on any atom is 0.275 e. The minimum absolute atomic E-state index is 0.0639. The highest BCUT2D eigenvalue weighted by Gasteiger charge is 2.22. The number of hydrogen-bond donors (Lipinski definition) is 0. The van der Waals surface area contributed by atoms with E-state index in [1.807, 2.05) is 0 Å². The molecule has 1 aromatic heterocycles. The molecule has 1 unspecified atom stereocenters. The van der Waals surface area contributed by atoms with Crippen LogP contribution in [0.5, 0.6) is 5.75 Å². The van der Waals surface area contributed by atoms with E-state index in [9.17, 15) is 9.18 Å². The predicted octanol–water partition coefficient (Wildman–Crippen LogP) is 3.03. The number of halogens is 1. The molecule has 0 radical (unpaired) electrons. The van der Waals surface area contributed by atoms with Gasteiger partial charge < -0.3 is 18.8 Å². The standard InChI is InChI=1S/C18H21FN2O4/c1-21(10-15-4-2-3-9-23-15)18(22)16-11-25-17(20-16)12-24-14-7-5-13(19)6-8-14/h5-8,11,15H,2-4,9-10,12H2,1H3. The second kappa shape index (κ2) is 8.11. The quantitative estimate of drug-likeness (QED) is 0.803. The number of carbonyl (C=O) groups is 1. The molecule has 6 nitrogen and oxygen atoms in total. The summed E-state index contributed by atoms with van der Waals surface area (Å²) in [5.74, 6) is 0.237. The Morgan fingerprint density at radius 3 is 2.88 bits per heavy atom. The van der Waals surface area contributed by atoms with E-state index < -0.39 is 0 Å². The van der Waals surface area contributed by atoms with Gasteiger partial charge in [0.2, 0.25) is 5.89 Å². The van der Waals surface area contributed by atoms with Gasteiger partial charge in [-0.25, -0.2) is 9.37 Å². The van der Waals surface area contributed by atoms with E-state index in [4.69, 9.17) is 13.9 Å². The number of carbonyl (C=O) groups excluding carboxylic acids is 1. The number of rotatable bonds is 6. The Kier molecular flexibility index (Phi) is 5.65. The molecular formula is C18H21FN2O4. The normalized spacial score (nSPS) is 17.3. The fourth-order valence-electron chi connectivity index (χ4n) is 2.69. The third kappa shape index (κ3) is 4.79. The number of oxazole rings is 1. The molecule has 0 spiro atoms. The van der Waals surface area contributed by atoms with Crippen LogP contribution in [0.3, 0.4) is 0 Å². The summed E-state index contributed by atoms with van der Waals surface area (Å²) in [5, 5.41) is 0. The van der Waals surface area contributed by atoms with Crippen molar-refractivity contribution < 1.29 is 23.1 Å². The largest absolute Gasteiger partial charge is 0.484 e. The molecule has 0 saturated carbocycles. The first-order chi connectivity index (χ1) is 12.1. The molecule has 2 heterocycles. The Balaban J connectivity index is 1.52. The third-order valence-electron chi connectivity index (χ3n) is 4.04. The molecule has 1 aliphatic heterocycles. The molecule has 1 fully saturated rings. The van der Waals surface area contributed by atoms with Crippen LogP contribution < -0.4 is 4.74 Å². The zero-order chi connectivity index (χ0) is 17.6. The van der Waals surface area contributed by atoms with Crippen LogP contribution in [-0.4, -0.2) is 42.1 Å². The van der Waals surface area contributed by atoms with Gasteiger partial charge in [-0.3, -0.25) is 4.79 Å². The van der Waals surface area contributed by atoms with E-state index in [2.05, 4.69) is 4.98 Å². The van der Waals surface area contributed by atoms with Crippen molar-refractivity contribution in [2.24, 2.45) is 0 Å². The molecule has 1 aromatic carbocycles. The van der Waals surface area contributed by atoms with Crippen molar-refractivity contribution in [3.05, 3.63) is 47.9 Å². The number of aromatic nitrogens is 1. The molecule has 1 aliphatic rings. The highest BCUT2D eigenvalue weighted by molar-refractivity contribution is 5.91. The summed E-state index contributed by atoms with van der Waals surface area (Å²) in [5.41, 5.74) is 0.232. The molecule has 3 rings (SSSR count). The average Bonchev–Trinajstić information content (AvgIpc) is 3.10. The highest BCUT2D eigenvalue weighted by Crippen LogP contribution is 2.16. The van der Waals surface area contributed by atoms with Crippen LogP contribution in [0.1, 0.15) is 35.6 Å². The van der Waals surface area contributed by atoms with Crippen molar-refractivity contribution in [3.63, 3.8) is 0 Å². The molecule has 2 aromatic rings. The first-order valence-electron chi connectivity index (χ1n) is 8.31. The van der Waals surface area contributed by atoms with Crippen LogP contribution in [0.2, 0.25) is 0 Å². The van der Waals surface area contributed by atoms with Crippen molar-refractivity contribution in [3.8, 4) is 5.75 Å². The second-order valence-corrected chi connectivity index (χ2v) is 6.04. The van der Waals surface area contributed by atoms with Crippen molar-refractivity contribution in [2.45, 2.75) is 32.0 Å². The van der Waals surface area contributed by atoms with E-state index in [1.54, 1.807) is 11.9 Å². The van der Waals surface area contributed by atoms with Crippen LogP contribution in [0, 0.1) is 5.82 Å². The lowest BCUT2D eigenvalue weighted by Crippen LogP contribution is -2.37. The number of nitrogens with zero attached hydrogens (tertiary/aromatic N) is 2. The third-order valence-corrected chi connectivity index (χ3v) is 4.04. The Morgan fingerprint density at radius 1 is 1.36 bits per heavy atom. The van der Waals surface area contributed by atoms with Gasteiger partial charge in [0.1, 0.15) is 17.8 Å². The van der Waals surface area contributed by atoms with Gasteiger partial charge in [0.05, 0.1) is 6.10 Å². The summed E-state index contributed by atoms with van der Waals surface area (Å²) in [6.45, 7) is 1.35. The van der Waals surface area contributed by atoms with Crippen molar-refractivity contribution in [2.75, 3.05) is 20.2 Å². The van der Waals surface area contributed by atoms with E-state index in [1.165, 1.54) is 30.5 Å². The number of amides is 1. The van der Waals surface area contributed by atoms with Crippen LogP contribution in [0.25, 0.3) is 0 Å². The minimum atomic E-state index is -0.332. The Hall–Kier alpha value is -2.41. The summed E-state index contributed by atoms with van der Waals surface area (Å²) in [7, 11) is 1.73. The van der Waals surface area contributed by atoms with Gasteiger partial charge in [-0.2, -0.15) is 0 Å². The molecule has 0 bridgehead atoms. The smallest absolute Gasteiger partial charge is 0.275 e. The lowest BCUT2D eigenvalue weighted by atomic mass is 10.1. The molecule has 25 heavy (non-hydrogen) atoms. The van der Waals surface area contributed by atoms with Crippen molar-refractivity contribution in [1.29, 1.82) is 0 Å². The fourth-order valence-corrected chi connectivity index (χ4v) is 2.69. The Labute approximate surface area is 145 Å². The second-order valence-electron chi connectivity index (χ2n) is 6.04. The number of benzene rings is 1. The van der Waals surface area contributed by atoms with Crippen molar-refractivity contribution in [1.82, 2.24) is 9.88 Å². The Bertz CT molecular complexity index is 695. The van der Waals surface area contributed by atoms with Crippen LogP contribution in [0.15, 0.2) is 34.9 Å².